The normalized spacial score (nSPS) is 17.9. The summed E-state index contributed by atoms with van der Waals surface area (Å²) in [5, 5.41) is -0.470. The van der Waals surface area contributed by atoms with Crippen LogP contribution in [0.5, 0.6) is 11.5 Å². The minimum atomic E-state index is -0.617. The summed E-state index contributed by atoms with van der Waals surface area (Å²) in [5.74, 6) is -0.659. The lowest BCUT2D eigenvalue weighted by atomic mass is 10.2. The Morgan fingerprint density at radius 2 is 1.93 bits per heavy atom. The number of carbonyl (C=O) groups is 4. The molecular weight excluding hydrogens is 398 g/mol. The van der Waals surface area contributed by atoms with Crippen molar-refractivity contribution in [3.05, 3.63) is 28.7 Å². The zero-order valence-electron chi connectivity index (χ0n) is 15.9. The molecule has 29 heavy (non-hydrogen) atoms. The van der Waals surface area contributed by atoms with E-state index in [9.17, 15) is 19.2 Å². The van der Waals surface area contributed by atoms with Crippen LogP contribution < -0.4 is 15.2 Å². The predicted octanol–water partition coefficient (Wildman–Crippen LogP) is 1.22. The van der Waals surface area contributed by atoms with Crippen LogP contribution in [0.1, 0.15) is 18.4 Å². The van der Waals surface area contributed by atoms with E-state index in [0.29, 0.717) is 30.2 Å². The Bertz CT molecular complexity index is 879. The van der Waals surface area contributed by atoms with Gasteiger partial charge in [-0.1, -0.05) is 6.07 Å². The number of rotatable bonds is 7. The summed E-state index contributed by atoms with van der Waals surface area (Å²) in [6.07, 6.45) is 3.43. The monoisotopic (exact) mass is 419 g/mol. The number of benzene rings is 1. The summed E-state index contributed by atoms with van der Waals surface area (Å²) < 4.78 is 10.5. The molecule has 1 aromatic carbocycles. The Morgan fingerprint density at radius 1 is 1.21 bits per heavy atom. The van der Waals surface area contributed by atoms with Crippen molar-refractivity contribution in [3.8, 4) is 11.5 Å². The van der Waals surface area contributed by atoms with E-state index in [1.165, 1.54) is 7.11 Å². The van der Waals surface area contributed by atoms with Gasteiger partial charge in [0.1, 0.15) is 6.54 Å². The lowest BCUT2D eigenvalue weighted by molar-refractivity contribution is -0.135. The Labute approximate surface area is 171 Å². The molecule has 2 heterocycles. The van der Waals surface area contributed by atoms with Crippen LogP contribution in [0.3, 0.4) is 0 Å². The number of primary amides is 1. The first-order chi connectivity index (χ1) is 13.9. The first-order valence-electron chi connectivity index (χ1n) is 9.01. The molecule has 0 aromatic heterocycles. The van der Waals surface area contributed by atoms with E-state index in [4.69, 9.17) is 15.2 Å². The molecule has 0 aliphatic carbocycles. The number of imide groups is 1. The second-order valence-electron chi connectivity index (χ2n) is 6.52. The van der Waals surface area contributed by atoms with Crippen LogP contribution in [-0.4, -0.2) is 66.1 Å². The van der Waals surface area contributed by atoms with Gasteiger partial charge in [-0.2, -0.15) is 0 Å². The van der Waals surface area contributed by atoms with Gasteiger partial charge in [0.2, 0.25) is 5.91 Å². The minimum absolute atomic E-state index is 0.219. The van der Waals surface area contributed by atoms with Crippen molar-refractivity contribution in [3.63, 3.8) is 0 Å². The van der Waals surface area contributed by atoms with Gasteiger partial charge >= 0.3 is 0 Å². The zero-order valence-corrected chi connectivity index (χ0v) is 16.7. The molecule has 3 rings (SSSR count). The number of nitrogens with zero attached hydrogens (tertiary/aromatic N) is 2. The van der Waals surface area contributed by atoms with E-state index in [-0.39, 0.29) is 24.0 Å². The van der Waals surface area contributed by atoms with Crippen LogP contribution in [0, 0.1) is 0 Å². The maximum Gasteiger partial charge on any atom is 0.294 e. The quantitative estimate of drug-likeness (QED) is 0.660. The number of likely N-dealkylation sites (tertiary alicyclic amines) is 1. The molecule has 9 nitrogen and oxygen atoms in total. The SMILES string of the molecule is COc1cc(C=C2SC(=O)N(CC(=O)N3CCCC3)C2=O)ccc1OCC(N)=O. The standard InChI is InChI=1S/C19H21N3O6S/c1-27-14-8-12(4-5-13(14)28-11-16(20)23)9-15-18(25)22(19(26)29-15)10-17(24)21-6-2-3-7-21/h4-5,8-9H,2-3,6-7,10-11H2,1H3,(H2,20,23). The molecule has 0 spiro atoms. The summed E-state index contributed by atoms with van der Waals surface area (Å²) in [5.41, 5.74) is 5.67. The smallest absolute Gasteiger partial charge is 0.294 e. The van der Waals surface area contributed by atoms with Crippen LogP contribution in [0.15, 0.2) is 23.1 Å². The predicted molar refractivity (Wildman–Crippen MR) is 106 cm³/mol. The van der Waals surface area contributed by atoms with Crippen molar-refractivity contribution >= 4 is 40.8 Å². The zero-order chi connectivity index (χ0) is 21.0. The van der Waals surface area contributed by atoms with E-state index in [1.807, 2.05) is 0 Å². The third-order valence-electron chi connectivity index (χ3n) is 4.48. The molecule has 0 saturated carbocycles. The van der Waals surface area contributed by atoms with Crippen LogP contribution in [-0.2, 0) is 14.4 Å². The molecule has 2 fully saturated rings. The highest BCUT2D eigenvalue weighted by atomic mass is 32.2. The molecular formula is C19H21N3O6S. The number of hydrogen-bond acceptors (Lipinski definition) is 7. The fourth-order valence-electron chi connectivity index (χ4n) is 3.03. The van der Waals surface area contributed by atoms with E-state index < -0.39 is 17.1 Å². The lowest BCUT2D eigenvalue weighted by Crippen LogP contribution is -2.40. The van der Waals surface area contributed by atoms with E-state index in [0.717, 1.165) is 29.5 Å². The molecule has 2 aliphatic rings. The molecule has 4 amide bonds. The molecule has 0 atom stereocenters. The van der Waals surface area contributed by atoms with E-state index >= 15 is 0 Å². The van der Waals surface area contributed by atoms with E-state index in [1.54, 1.807) is 29.2 Å². The van der Waals surface area contributed by atoms with Gasteiger partial charge in [-0.15, -0.1) is 0 Å². The summed E-state index contributed by atoms with van der Waals surface area (Å²) in [4.78, 5) is 50.8. The molecule has 0 radical (unpaired) electrons. The number of amides is 4. The van der Waals surface area contributed by atoms with Crippen LogP contribution >= 0.6 is 11.8 Å². The molecule has 1 aromatic rings. The topological polar surface area (TPSA) is 119 Å². The average molecular weight is 419 g/mol. The van der Waals surface area contributed by atoms with Gasteiger partial charge in [0.05, 0.1) is 12.0 Å². The highest BCUT2D eigenvalue weighted by Crippen LogP contribution is 2.34. The van der Waals surface area contributed by atoms with Gasteiger partial charge in [0.25, 0.3) is 17.1 Å². The molecule has 154 valence electrons. The van der Waals surface area contributed by atoms with Gasteiger partial charge in [0, 0.05) is 13.1 Å². The minimum Gasteiger partial charge on any atom is -0.493 e. The van der Waals surface area contributed by atoms with Crippen LogP contribution in [0.25, 0.3) is 6.08 Å². The summed E-state index contributed by atoms with van der Waals surface area (Å²) in [7, 11) is 1.44. The van der Waals surface area contributed by atoms with Gasteiger partial charge in [-0.25, -0.2) is 0 Å². The fourth-order valence-corrected chi connectivity index (χ4v) is 3.87. The molecule has 2 aliphatic heterocycles. The third-order valence-corrected chi connectivity index (χ3v) is 5.39. The van der Waals surface area contributed by atoms with Gasteiger partial charge in [-0.05, 0) is 48.4 Å². The summed E-state index contributed by atoms with van der Waals surface area (Å²) >= 11 is 0.788. The lowest BCUT2D eigenvalue weighted by Gasteiger charge is -2.18. The molecule has 0 unspecified atom stereocenters. The number of hydrogen-bond donors (Lipinski definition) is 1. The average Bonchev–Trinajstić information content (AvgIpc) is 3.31. The van der Waals surface area contributed by atoms with Crippen molar-refractivity contribution < 1.29 is 28.7 Å². The van der Waals surface area contributed by atoms with Crippen molar-refractivity contribution in [2.45, 2.75) is 12.8 Å². The second kappa shape index (κ2) is 8.99. The van der Waals surface area contributed by atoms with Gasteiger partial charge in [0.15, 0.2) is 18.1 Å². The maximum atomic E-state index is 12.6. The van der Waals surface area contributed by atoms with Crippen molar-refractivity contribution in [2.75, 3.05) is 33.4 Å². The largest absolute Gasteiger partial charge is 0.493 e. The third kappa shape index (κ3) is 4.89. The number of methoxy groups -OCH3 is 1. The molecule has 10 heteroatoms. The van der Waals surface area contributed by atoms with E-state index in [2.05, 4.69) is 0 Å². The summed E-state index contributed by atoms with van der Waals surface area (Å²) in [6, 6.07) is 4.84. The van der Waals surface area contributed by atoms with Crippen molar-refractivity contribution in [2.24, 2.45) is 5.73 Å². The molecule has 0 bridgehead atoms. The number of carbonyl (C=O) groups excluding carboxylic acids is 4. The van der Waals surface area contributed by atoms with Crippen molar-refractivity contribution in [1.82, 2.24) is 9.80 Å². The fraction of sp³-hybridized carbons (Fsp3) is 0.368. The second-order valence-corrected chi connectivity index (χ2v) is 7.51. The van der Waals surface area contributed by atoms with Gasteiger partial charge in [-0.3, -0.25) is 24.1 Å². The number of thioether (sulfide) groups is 1. The Balaban J connectivity index is 1.73. The Morgan fingerprint density at radius 3 is 2.59 bits per heavy atom. The Hall–Kier alpha value is -3.01. The maximum absolute atomic E-state index is 12.6. The molecule has 2 saturated heterocycles. The highest BCUT2D eigenvalue weighted by Gasteiger charge is 2.37. The highest BCUT2D eigenvalue weighted by molar-refractivity contribution is 8.18. The Kier molecular flexibility index (Phi) is 6.42. The van der Waals surface area contributed by atoms with Crippen molar-refractivity contribution in [1.29, 1.82) is 0 Å². The first kappa shape index (κ1) is 20.7. The number of ether oxygens (including phenoxy) is 2. The number of nitrogens with two attached hydrogens (primary N) is 1. The summed E-state index contributed by atoms with van der Waals surface area (Å²) in [6.45, 7) is 0.786. The first-order valence-corrected chi connectivity index (χ1v) is 9.83. The van der Waals surface area contributed by atoms with Crippen LogP contribution in [0.4, 0.5) is 4.79 Å². The van der Waals surface area contributed by atoms with Gasteiger partial charge < -0.3 is 20.1 Å². The van der Waals surface area contributed by atoms with Crippen LogP contribution in [0.2, 0.25) is 0 Å². The molecule has 2 N–H and O–H groups in total.